The maximum atomic E-state index is 15.2. The summed E-state index contributed by atoms with van der Waals surface area (Å²) in [4.78, 5) is 26.0. The van der Waals surface area contributed by atoms with Gasteiger partial charge in [-0.05, 0) is 62.7 Å². The molecule has 2 aromatic heterocycles. The normalized spacial score (nSPS) is 19.2. The molecule has 1 amide bonds. The molecule has 4 heterocycles. The first kappa shape index (κ1) is 22.2. The molecule has 0 N–H and O–H groups in total. The number of carbonyl (C=O) groups excluding carboxylic acids is 1. The van der Waals surface area contributed by atoms with Crippen LogP contribution < -0.4 is 0 Å². The highest BCUT2D eigenvalue weighted by molar-refractivity contribution is 5.95. The molecule has 0 aliphatic carbocycles. The molecule has 2 atom stereocenters. The highest BCUT2D eigenvalue weighted by Crippen LogP contribution is 2.32. The number of nitrogens with zero attached hydrogens (tertiary/aromatic N) is 4. The second-order valence-corrected chi connectivity index (χ2v) is 9.11. The number of halogens is 1. The lowest BCUT2D eigenvalue weighted by molar-refractivity contribution is 0.0646. The van der Waals surface area contributed by atoms with Gasteiger partial charge in [-0.1, -0.05) is 24.8 Å². The molecule has 0 spiro atoms. The van der Waals surface area contributed by atoms with Crippen LogP contribution >= 0.6 is 0 Å². The Morgan fingerprint density at radius 2 is 1.97 bits per heavy atom. The van der Waals surface area contributed by atoms with Crippen LogP contribution in [-0.4, -0.2) is 57.9 Å². The zero-order chi connectivity index (χ0) is 23.8. The number of amides is 1. The van der Waals surface area contributed by atoms with E-state index in [0.29, 0.717) is 24.6 Å². The van der Waals surface area contributed by atoms with Crippen LogP contribution in [0.1, 0.15) is 46.2 Å². The first-order valence-corrected chi connectivity index (χ1v) is 11.7. The van der Waals surface area contributed by atoms with Gasteiger partial charge < -0.3 is 4.90 Å². The molecule has 2 aliphatic rings. The van der Waals surface area contributed by atoms with Crippen molar-refractivity contribution in [3.8, 4) is 23.0 Å². The summed E-state index contributed by atoms with van der Waals surface area (Å²) in [5.41, 5.74) is 4.97. The maximum Gasteiger partial charge on any atom is 0.257 e. The van der Waals surface area contributed by atoms with Crippen molar-refractivity contribution in [2.75, 3.05) is 20.1 Å². The highest BCUT2D eigenvalue weighted by atomic mass is 19.1. The van der Waals surface area contributed by atoms with Crippen LogP contribution in [0.2, 0.25) is 0 Å². The zero-order valence-corrected chi connectivity index (χ0v) is 19.7. The van der Waals surface area contributed by atoms with Crippen molar-refractivity contribution in [2.24, 2.45) is 0 Å². The maximum absolute atomic E-state index is 15.2. The van der Waals surface area contributed by atoms with Gasteiger partial charge in [-0.25, -0.2) is 4.39 Å². The van der Waals surface area contributed by atoms with Gasteiger partial charge in [0.05, 0.1) is 16.8 Å². The van der Waals surface area contributed by atoms with E-state index < -0.39 is 5.82 Å². The number of aromatic nitrogens is 2. The van der Waals surface area contributed by atoms with E-state index in [4.69, 9.17) is 0 Å². The fourth-order valence-corrected chi connectivity index (χ4v) is 4.96. The molecule has 2 fully saturated rings. The largest absolute Gasteiger partial charge is 0.333 e. The van der Waals surface area contributed by atoms with Gasteiger partial charge in [0.15, 0.2) is 0 Å². The Kier molecular flexibility index (Phi) is 5.89. The molecule has 2 bridgehead atoms. The lowest BCUT2D eigenvalue weighted by Gasteiger charge is -2.32. The van der Waals surface area contributed by atoms with Gasteiger partial charge in [0.2, 0.25) is 0 Å². The van der Waals surface area contributed by atoms with Crippen molar-refractivity contribution in [1.29, 1.82) is 0 Å². The van der Waals surface area contributed by atoms with E-state index >= 15 is 4.39 Å². The van der Waals surface area contributed by atoms with Crippen LogP contribution in [0, 0.1) is 24.6 Å². The Balaban J connectivity index is 1.47. The Morgan fingerprint density at radius 1 is 1.12 bits per heavy atom. The third kappa shape index (κ3) is 4.08. The molecule has 6 heteroatoms. The third-order valence-corrected chi connectivity index (χ3v) is 6.89. The minimum Gasteiger partial charge on any atom is -0.333 e. The number of aryl methyl sites for hydroxylation is 2. The number of fused-ring (bicyclic) bond motifs is 2. The molecule has 2 aliphatic heterocycles. The summed E-state index contributed by atoms with van der Waals surface area (Å²) >= 11 is 0. The average Bonchev–Trinajstić information content (AvgIpc) is 3.42. The summed E-state index contributed by atoms with van der Waals surface area (Å²) in [5, 5.41) is 0. The Labute approximate surface area is 199 Å². The number of piperazine rings is 1. The van der Waals surface area contributed by atoms with Gasteiger partial charge in [0.1, 0.15) is 5.82 Å². The van der Waals surface area contributed by atoms with E-state index in [1.54, 1.807) is 18.5 Å². The number of hydrogen-bond acceptors (Lipinski definition) is 4. The van der Waals surface area contributed by atoms with Crippen molar-refractivity contribution in [1.82, 2.24) is 19.8 Å². The van der Waals surface area contributed by atoms with Crippen molar-refractivity contribution >= 4 is 5.91 Å². The number of carbonyl (C=O) groups is 1. The summed E-state index contributed by atoms with van der Waals surface area (Å²) in [6.07, 6.45) is 5.14. The van der Waals surface area contributed by atoms with Crippen molar-refractivity contribution < 1.29 is 9.18 Å². The van der Waals surface area contributed by atoms with E-state index in [9.17, 15) is 4.79 Å². The molecule has 5 rings (SSSR count). The van der Waals surface area contributed by atoms with Crippen LogP contribution in [0.4, 0.5) is 4.39 Å². The first-order valence-electron chi connectivity index (χ1n) is 11.7. The minimum absolute atomic E-state index is 0.127. The number of pyridine rings is 2. The zero-order valence-electron chi connectivity index (χ0n) is 19.7. The molecular formula is C28H27FN4O. The fraction of sp³-hybridized carbons (Fsp3) is 0.321. The van der Waals surface area contributed by atoms with Crippen LogP contribution in [0.15, 0.2) is 48.8 Å². The lowest BCUT2D eigenvalue weighted by atomic mass is 9.96. The molecule has 172 valence electrons. The summed E-state index contributed by atoms with van der Waals surface area (Å²) in [5.74, 6) is 5.67. The third-order valence-electron chi connectivity index (χ3n) is 6.89. The predicted molar refractivity (Wildman–Crippen MR) is 130 cm³/mol. The molecule has 1 aromatic carbocycles. The minimum atomic E-state index is -0.505. The molecule has 2 saturated heterocycles. The number of likely N-dealkylation sites (tertiary alicyclic amines) is 2. The molecule has 1 unspecified atom stereocenters. The lowest BCUT2D eigenvalue weighted by Crippen LogP contribution is -2.47. The van der Waals surface area contributed by atoms with Crippen molar-refractivity contribution in [3.05, 3.63) is 82.7 Å². The van der Waals surface area contributed by atoms with Gasteiger partial charge in [-0.3, -0.25) is 19.7 Å². The highest BCUT2D eigenvalue weighted by Gasteiger charge is 2.44. The molecule has 5 nitrogen and oxygen atoms in total. The number of rotatable bonds is 3. The SMILES string of the molecule is CCc1nccc(-c2ccc(C(=O)N3C[C@H]4CC3CN4C)c(F)c2)c1C#Cc1ccc(C)nc1. The van der Waals surface area contributed by atoms with Crippen LogP contribution in [-0.2, 0) is 6.42 Å². The summed E-state index contributed by atoms with van der Waals surface area (Å²) in [7, 11) is 2.08. The molecule has 0 saturated carbocycles. The van der Waals surface area contributed by atoms with E-state index in [1.807, 2.05) is 43.0 Å². The quantitative estimate of drug-likeness (QED) is 0.560. The van der Waals surface area contributed by atoms with Crippen LogP contribution in [0.25, 0.3) is 11.1 Å². The first-order chi connectivity index (χ1) is 16.4. The summed E-state index contributed by atoms with van der Waals surface area (Å²) in [6, 6.07) is 11.1. The summed E-state index contributed by atoms with van der Waals surface area (Å²) in [6.45, 7) is 5.47. The predicted octanol–water partition coefficient (Wildman–Crippen LogP) is 4.08. The fourth-order valence-electron chi connectivity index (χ4n) is 4.96. The number of likely N-dealkylation sites (N-methyl/N-ethyl adjacent to an activating group) is 1. The van der Waals surface area contributed by atoms with E-state index in [-0.39, 0.29) is 17.5 Å². The van der Waals surface area contributed by atoms with Gasteiger partial charge >= 0.3 is 0 Å². The van der Waals surface area contributed by atoms with Gasteiger partial charge in [0, 0.05) is 54.4 Å². The second-order valence-electron chi connectivity index (χ2n) is 9.11. The molecule has 34 heavy (non-hydrogen) atoms. The smallest absolute Gasteiger partial charge is 0.257 e. The van der Waals surface area contributed by atoms with Crippen LogP contribution in [0.3, 0.4) is 0 Å². The van der Waals surface area contributed by atoms with E-state index in [0.717, 1.165) is 41.0 Å². The van der Waals surface area contributed by atoms with Gasteiger partial charge in [0.25, 0.3) is 5.91 Å². The van der Waals surface area contributed by atoms with Gasteiger partial charge in [-0.15, -0.1) is 0 Å². The number of hydrogen-bond donors (Lipinski definition) is 0. The standard InChI is InChI=1S/C28H27FN4O/c1-4-27-24(9-7-19-6-5-18(2)31-15-19)23(11-12-30-27)20-8-10-25(26(29)13-20)28(34)33-17-21-14-22(33)16-32(21)3/h5-6,8,10-13,15,21-22H,4,14,16-17H2,1-3H3/t21-,22?/m1/s1. The van der Waals surface area contributed by atoms with Gasteiger partial charge in [-0.2, -0.15) is 0 Å². The van der Waals surface area contributed by atoms with Crippen molar-refractivity contribution in [2.45, 2.75) is 38.8 Å². The summed E-state index contributed by atoms with van der Waals surface area (Å²) < 4.78 is 15.2. The average molecular weight is 455 g/mol. The topological polar surface area (TPSA) is 49.3 Å². The monoisotopic (exact) mass is 454 g/mol. The Bertz CT molecular complexity index is 1310. The second kappa shape index (κ2) is 9.00. The molecule has 0 radical (unpaired) electrons. The molecular weight excluding hydrogens is 427 g/mol. The molecule has 3 aromatic rings. The van der Waals surface area contributed by atoms with Crippen LogP contribution in [0.5, 0.6) is 0 Å². The number of benzene rings is 1. The Morgan fingerprint density at radius 3 is 2.62 bits per heavy atom. The Hall–Kier alpha value is -3.56. The van der Waals surface area contributed by atoms with Crippen molar-refractivity contribution in [3.63, 3.8) is 0 Å². The van der Waals surface area contributed by atoms with E-state index in [1.165, 1.54) is 6.07 Å². The van der Waals surface area contributed by atoms with E-state index in [2.05, 4.69) is 33.8 Å².